The Morgan fingerprint density at radius 2 is 1.76 bits per heavy atom. The lowest BCUT2D eigenvalue weighted by atomic mass is 9.95. The van der Waals surface area contributed by atoms with E-state index in [1.165, 1.54) is 18.4 Å². The third kappa shape index (κ3) is 4.21. The van der Waals surface area contributed by atoms with Crippen molar-refractivity contribution in [3.63, 3.8) is 0 Å². The van der Waals surface area contributed by atoms with Crippen molar-refractivity contribution in [2.75, 3.05) is 33.2 Å². The van der Waals surface area contributed by atoms with E-state index in [2.05, 4.69) is 4.99 Å². The van der Waals surface area contributed by atoms with E-state index in [1.807, 2.05) is 73.6 Å². The van der Waals surface area contributed by atoms with Crippen molar-refractivity contribution in [2.45, 2.75) is 13.0 Å². The van der Waals surface area contributed by atoms with Crippen molar-refractivity contribution in [1.82, 2.24) is 4.57 Å². The molecule has 170 valence electrons. The molecule has 0 saturated heterocycles. The average molecular weight is 464 g/mol. The quantitative estimate of drug-likeness (QED) is 0.544. The molecular weight excluding hydrogens is 438 g/mol. The summed E-state index contributed by atoms with van der Waals surface area (Å²) in [5, 5.41) is 0. The number of hydrogen-bond donors (Lipinski definition) is 0. The summed E-state index contributed by atoms with van der Waals surface area (Å²) in [7, 11) is 6.87. The van der Waals surface area contributed by atoms with Crippen LogP contribution in [-0.4, -0.2) is 38.9 Å². The zero-order chi connectivity index (χ0) is 23.7. The van der Waals surface area contributed by atoms with Crippen LogP contribution in [0.3, 0.4) is 0 Å². The summed E-state index contributed by atoms with van der Waals surface area (Å²) in [5.74, 6) is 0.246. The van der Waals surface area contributed by atoms with Crippen LogP contribution in [0, 0.1) is 0 Å². The summed E-state index contributed by atoms with van der Waals surface area (Å²) in [5.41, 5.74) is 3.40. The van der Waals surface area contributed by atoms with Crippen molar-refractivity contribution in [2.24, 2.45) is 4.99 Å². The molecule has 0 N–H and O–H groups in total. The van der Waals surface area contributed by atoms with Crippen LogP contribution in [-0.2, 0) is 9.53 Å². The highest BCUT2D eigenvalue weighted by Crippen LogP contribution is 2.31. The maximum atomic E-state index is 13.5. The largest absolute Gasteiger partial charge is 0.497 e. The summed E-state index contributed by atoms with van der Waals surface area (Å²) in [6.07, 6.45) is 1.83. The van der Waals surface area contributed by atoms with E-state index in [0.29, 0.717) is 20.6 Å². The summed E-state index contributed by atoms with van der Waals surface area (Å²) < 4.78 is 12.4. The van der Waals surface area contributed by atoms with Gasteiger partial charge in [-0.15, -0.1) is 0 Å². The average Bonchev–Trinajstić information content (AvgIpc) is 3.12. The van der Waals surface area contributed by atoms with Crippen molar-refractivity contribution in [1.29, 1.82) is 0 Å². The highest BCUT2D eigenvalue weighted by Gasteiger charge is 2.33. The molecule has 0 saturated carbocycles. The molecule has 0 aliphatic carbocycles. The molecule has 0 amide bonds. The molecule has 1 aliphatic heterocycles. The van der Waals surface area contributed by atoms with Crippen LogP contribution in [0.1, 0.15) is 24.1 Å². The molecule has 1 aliphatic rings. The molecule has 3 aromatic rings. The molecule has 1 unspecified atom stereocenters. The van der Waals surface area contributed by atoms with Crippen molar-refractivity contribution in [3.8, 4) is 5.75 Å². The SMILES string of the molecule is COC(=O)C1=C(C)N=c2s/c(=C\c3ccc(OC)cc3)c(=O)n2C1c1ccc(N(C)C)cc1. The monoisotopic (exact) mass is 463 g/mol. The van der Waals surface area contributed by atoms with Gasteiger partial charge in [-0.3, -0.25) is 9.36 Å². The smallest absolute Gasteiger partial charge is 0.338 e. The van der Waals surface area contributed by atoms with Crippen LogP contribution in [0.4, 0.5) is 5.69 Å². The first kappa shape index (κ1) is 22.5. The van der Waals surface area contributed by atoms with Gasteiger partial charge >= 0.3 is 5.97 Å². The van der Waals surface area contributed by atoms with Crippen LogP contribution >= 0.6 is 11.3 Å². The van der Waals surface area contributed by atoms with Gasteiger partial charge in [-0.25, -0.2) is 9.79 Å². The molecule has 1 atom stereocenters. The van der Waals surface area contributed by atoms with Crippen molar-refractivity contribution < 1.29 is 14.3 Å². The van der Waals surface area contributed by atoms with Gasteiger partial charge in [0.05, 0.1) is 36.1 Å². The van der Waals surface area contributed by atoms with E-state index < -0.39 is 12.0 Å². The number of methoxy groups -OCH3 is 2. The molecule has 33 heavy (non-hydrogen) atoms. The van der Waals surface area contributed by atoms with Gasteiger partial charge in [0.1, 0.15) is 5.75 Å². The minimum absolute atomic E-state index is 0.204. The lowest BCUT2D eigenvalue weighted by molar-refractivity contribution is -0.136. The molecule has 4 rings (SSSR count). The van der Waals surface area contributed by atoms with E-state index in [1.54, 1.807) is 18.6 Å². The Balaban J connectivity index is 1.91. The molecule has 1 aromatic heterocycles. The Morgan fingerprint density at radius 1 is 1.09 bits per heavy atom. The first-order valence-corrected chi connectivity index (χ1v) is 11.2. The normalized spacial score (nSPS) is 15.7. The maximum absolute atomic E-state index is 13.5. The molecule has 0 radical (unpaired) electrons. The Morgan fingerprint density at radius 3 is 2.33 bits per heavy atom. The molecule has 8 heteroatoms. The number of aromatic nitrogens is 1. The zero-order valence-corrected chi connectivity index (χ0v) is 20.0. The number of fused-ring (bicyclic) bond motifs is 1. The first-order chi connectivity index (χ1) is 15.8. The van der Waals surface area contributed by atoms with E-state index >= 15 is 0 Å². The molecule has 2 heterocycles. The molecule has 0 fully saturated rings. The van der Waals surface area contributed by atoms with Crippen LogP contribution in [0.25, 0.3) is 6.08 Å². The third-order valence-corrected chi connectivity index (χ3v) is 6.55. The molecule has 2 aromatic carbocycles. The van der Waals surface area contributed by atoms with Gasteiger partial charge in [-0.2, -0.15) is 0 Å². The van der Waals surface area contributed by atoms with Crippen LogP contribution < -0.4 is 24.5 Å². The van der Waals surface area contributed by atoms with E-state index in [4.69, 9.17) is 9.47 Å². The van der Waals surface area contributed by atoms with Gasteiger partial charge < -0.3 is 14.4 Å². The Kier molecular flexibility index (Phi) is 6.20. The first-order valence-electron chi connectivity index (χ1n) is 10.4. The maximum Gasteiger partial charge on any atom is 0.338 e. The fraction of sp³-hybridized carbons (Fsp3) is 0.240. The van der Waals surface area contributed by atoms with E-state index in [-0.39, 0.29) is 5.56 Å². The third-order valence-electron chi connectivity index (χ3n) is 5.57. The van der Waals surface area contributed by atoms with Gasteiger partial charge in [-0.1, -0.05) is 35.6 Å². The number of esters is 1. The number of hydrogen-bond acceptors (Lipinski definition) is 7. The molecule has 0 spiro atoms. The van der Waals surface area contributed by atoms with Crippen LogP contribution in [0.15, 0.2) is 69.6 Å². The number of ether oxygens (including phenoxy) is 2. The predicted molar refractivity (Wildman–Crippen MR) is 130 cm³/mol. The molecule has 0 bridgehead atoms. The van der Waals surface area contributed by atoms with Gasteiger partial charge in [0.2, 0.25) is 0 Å². The number of benzene rings is 2. The van der Waals surface area contributed by atoms with E-state index in [9.17, 15) is 9.59 Å². The van der Waals surface area contributed by atoms with Crippen molar-refractivity contribution >= 4 is 29.1 Å². The Bertz CT molecular complexity index is 1400. The zero-order valence-electron chi connectivity index (χ0n) is 19.2. The lowest BCUT2D eigenvalue weighted by Crippen LogP contribution is -2.39. The molecule has 7 nitrogen and oxygen atoms in total. The fourth-order valence-corrected chi connectivity index (χ4v) is 4.86. The van der Waals surface area contributed by atoms with Crippen LogP contribution in [0.5, 0.6) is 5.75 Å². The highest BCUT2D eigenvalue weighted by molar-refractivity contribution is 7.07. The Hall–Kier alpha value is -3.65. The summed E-state index contributed by atoms with van der Waals surface area (Å²) in [6, 6.07) is 14.6. The number of anilines is 1. The number of carbonyl (C=O) groups excluding carboxylic acids is 1. The van der Waals surface area contributed by atoms with Gasteiger partial charge in [0.25, 0.3) is 5.56 Å². The van der Waals surface area contributed by atoms with E-state index in [0.717, 1.165) is 22.6 Å². The molecular formula is C25H25N3O4S. The number of allylic oxidation sites excluding steroid dienone is 1. The second-order valence-electron chi connectivity index (χ2n) is 7.83. The topological polar surface area (TPSA) is 73.1 Å². The minimum atomic E-state index is -0.622. The van der Waals surface area contributed by atoms with Gasteiger partial charge in [0.15, 0.2) is 4.80 Å². The number of nitrogens with zero attached hydrogens (tertiary/aromatic N) is 3. The fourth-order valence-electron chi connectivity index (χ4n) is 3.81. The standard InChI is InChI=1S/C25H25N3O4S/c1-15-21(24(30)32-5)22(17-8-10-18(11-9-17)27(2)3)28-23(29)20(33-25(28)26-15)14-16-6-12-19(31-4)13-7-16/h6-14,22H,1-5H3/b20-14-. The number of carbonyl (C=O) groups is 1. The van der Waals surface area contributed by atoms with Crippen molar-refractivity contribution in [3.05, 3.63) is 90.6 Å². The predicted octanol–water partition coefficient (Wildman–Crippen LogP) is 2.48. The second-order valence-corrected chi connectivity index (χ2v) is 8.84. The Labute approximate surface area is 195 Å². The van der Waals surface area contributed by atoms with Gasteiger partial charge in [0, 0.05) is 19.8 Å². The van der Waals surface area contributed by atoms with Gasteiger partial charge in [-0.05, 0) is 48.4 Å². The minimum Gasteiger partial charge on any atom is -0.497 e. The summed E-state index contributed by atoms with van der Waals surface area (Å²) in [4.78, 5) is 33.4. The lowest BCUT2D eigenvalue weighted by Gasteiger charge is -2.25. The summed E-state index contributed by atoms with van der Waals surface area (Å²) >= 11 is 1.30. The number of thiazole rings is 1. The number of rotatable bonds is 5. The summed E-state index contributed by atoms with van der Waals surface area (Å²) in [6.45, 7) is 1.77. The second kappa shape index (κ2) is 9.07. The highest BCUT2D eigenvalue weighted by atomic mass is 32.1. The van der Waals surface area contributed by atoms with Crippen LogP contribution in [0.2, 0.25) is 0 Å².